The summed E-state index contributed by atoms with van der Waals surface area (Å²) in [6.07, 6.45) is 2.00. The first-order valence-electron chi connectivity index (χ1n) is 22.8. The molecule has 4 aromatic heterocycles. The number of nitrogens with zero attached hydrogens (tertiary/aromatic N) is 5. The van der Waals surface area contributed by atoms with Crippen molar-refractivity contribution in [3.8, 4) is 84.5 Å². The summed E-state index contributed by atoms with van der Waals surface area (Å²) in [4.78, 5) is 21.1. The lowest BCUT2D eigenvalue weighted by Gasteiger charge is -2.18. The van der Waals surface area contributed by atoms with Crippen LogP contribution in [0.4, 0.5) is 0 Å². The second-order valence-corrected chi connectivity index (χ2v) is 17.0. The fourth-order valence-electron chi connectivity index (χ4n) is 9.82. The van der Waals surface area contributed by atoms with E-state index in [9.17, 15) is 0 Å². The first-order chi connectivity index (χ1) is 33.7. The van der Waals surface area contributed by atoms with Gasteiger partial charge >= 0.3 is 0 Å². The molecule has 13 aromatic rings. The molecule has 68 heavy (non-hydrogen) atoms. The minimum Gasteiger partial charge on any atom is -0.456 e. The predicted molar refractivity (Wildman–Crippen MR) is 277 cm³/mol. The average Bonchev–Trinajstić information content (AvgIpc) is 3.97. The van der Waals surface area contributed by atoms with Crippen molar-refractivity contribution in [3.05, 3.63) is 237 Å². The van der Waals surface area contributed by atoms with Crippen molar-refractivity contribution in [2.75, 3.05) is 0 Å². The SMILES string of the molecule is c1ccc(-c2nc(-c3ccccc3)nc(-c3cc(-c4c(-c5ccccc5)cccc4-c4ccccc4)cnc3-c3ccc4c(c3)oc3ccc5c6ccccc6n(-c6ccccc6)c5c34)n2)cc1. The standard InChI is InChI=1S/C62H39N5O/c1-6-19-40(20-7-1)47-30-18-31-48(41-21-8-2-9-22-41)56(47)45-37-52(62-65-60(42-23-10-3-11-24-42)64-61(66-62)43-25-12-4-13-26-43)58(63-39-45)44-33-34-51-55(38-44)68-54-36-35-50-49-29-16-17-32-53(49)67(59(50)57(51)54)46-27-14-5-15-28-46/h1-39H. The zero-order valence-electron chi connectivity index (χ0n) is 36.7. The maximum absolute atomic E-state index is 6.85. The van der Waals surface area contributed by atoms with Crippen LogP contribution in [-0.2, 0) is 0 Å². The molecule has 0 fully saturated rings. The molecule has 13 rings (SSSR count). The third-order valence-electron chi connectivity index (χ3n) is 12.9. The van der Waals surface area contributed by atoms with E-state index in [2.05, 4.69) is 174 Å². The van der Waals surface area contributed by atoms with Gasteiger partial charge in [-0.1, -0.05) is 182 Å². The topological polar surface area (TPSA) is 69.6 Å². The summed E-state index contributed by atoms with van der Waals surface area (Å²) in [5, 5.41) is 4.46. The van der Waals surface area contributed by atoms with Crippen molar-refractivity contribution in [2.45, 2.75) is 0 Å². The van der Waals surface area contributed by atoms with Gasteiger partial charge < -0.3 is 8.98 Å². The molecule has 0 saturated carbocycles. The fourth-order valence-corrected chi connectivity index (χ4v) is 9.82. The molecular weight excluding hydrogens is 831 g/mol. The number of hydrogen-bond acceptors (Lipinski definition) is 5. The van der Waals surface area contributed by atoms with Gasteiger partial charge in [-0.15, -0.1) is 0 Å². The number of aromatic nitrogens is 5. The second kappa shape index (κ2) is 16.3. The normalized spacial score (nSPS) is 11.5. The molecule has 9 aromatic carbocycles. The minimum atomic E-state index is 0.513. The van der Waals surface area contributed by atoms with Crippen LogP contribution in [0.5, 0.6) is 0 Å². The summed E-state index contributed by atoms with van der Waals surface area (Å²) >= 11 is 0. The number of benzene rings is 9. The van der Waals surface area contributed by atoms with Crippen LogP contribution in [0.25, 0.3) is 128 Å². The molecule has 0 aliphatic rings. The highest BCUT2D eigenvalue weighted by Crippen LogP contribution is 2.45. The van der Waals surface area contributed by atoms with Gasteiger partial charge in [-0.05, 0) is 76.3 Å². The monoisotopic (exact) mass is 869 g/mol. The molecular formula is C62H39N5O. The van der Waals surface area contributed by atoms with Gasteiger partial charge in [0.15, 0.2) is 17.5 Å². The van der Waals surface area contributed by atoms with E-state index in [1.165, 1.54) is 10.8 Å². The van der Waals surface area contributed by atoms with Gasteiger partial charge in [-0.3, -0.25) is 4.98 Å². The maximum Gasteiger partial charge on any atom is 0.166 e. The summed E-state index contributed by atoms with van der Waals surface area (Å²) in [6, 6.07) is 80.0. The summed E-state index contributed by atoms with van der Waals surface area (Å²) in [6.45, 7) is 0. The summed E-state index contributed by atoms with van der Waals surface area (Å²) in [5.41, 5.74) is 15.5. The van der Waals surface area contributed by atoms with Crippen LogP contribution in [0.3, 0.4) is 0 Å². The largest absolute Gasteiger partial charge is 0.456 e. The first-order valence-corrected chi connectivity index (χ1v) is 22.8. The third kappa shape index (κ3) is 6.66. The molecule has 0 unspecified atom stereocenters. The highest BCUT2D eigenvalue weighted by atomic mass is 16.3. The lowest BCUT2D eigenvalue weighted by atomic mass is 9.87. The molecule has 6 heteroatoms. The van der Waals surface area contributed by atoms with Crippen LogP contribution < -0.4 is 0 Å². The van der Waals surface area contributed by atoms with Crippen LogP contribution >= 0.6 is 0 Å². The van der Waals surface area contributed by atoms with Crippen LogP contribution in [0.2, 0.25) is 0 Å². The minimum absolute atomic E-state index is 0.513. The molecule has 0 aliphatic heterocycles. The van der Waals surface area contributed by atoms with Crippen molar-refractivity contribution < 1.29 is 4.42 Å². The second-order valence-electron chi connectivity index (χ2n) is 17.0. The quantitative estimate of drug-likeness (QED) is 0.152. The highest BCUT2D eigenvalue weighted by Gasteiger charge is 2.23. The van der Waals surface area contributed by atoms with E-state index in [1.807, 2.05) is 66.9 Å². The molecule has 0 N–H and O–H groups in total. The van der Waals surface area contributed by atoms with Crippen molar-refractivity contribution in [1.29, 1.82) is 0 Å². The average molecular weight is 870 g/mol. The molecule has 4 heterocycles. The number of rotatable bonds is 8. The Kier molecular flexibility index (Phi) is 9.39. The maximum atomic E-state index is 6.85. The zero-order chi connectivity index (χ0) is 45.0. The van der Waals surface area contributed by atoms with Gasteiger partial charge in [-0.2, -0.15) is 0 Å². The molecule has 0 radical (unpaired) electrons. The zero-order valence-corrected chi connectivity index (χ0v) is 36.7. The Morgan fingerprint density at radius 3 is 1.53 bits per heavy atom. The molecule has 318 valence electrons. The van der Waals surface area contributed by atoms with E-state index in [4.69, 9.17) is 24.4 Å². The van der Waals surface area contributed by atoms with E-state index in [0.717, 1.165) is 100.0 Å². The van der Waals surface area contributed by atoms with Gasteiger partial charge in [0.1, 0.15) is 11.2 Å². The molecule has 0 amide bonds. The number of hydrogen-bond donors (Lipinski definition) is 0. The molecule has 0 bridgehead atoms. The van der Waals surface area contributed by atoms with E-state index >= 15 is 0 Å². The number of fused-ring (bicyclic) bond motifs is 7. The van der Waals surface area contributed by atoms with Crippen LogP contribution in [0.1, 0.15) is 0 Å². The van der Waals surface area contributed by atoms with E-state index in [-0.39, 0.29) is 0 Å². The van der Waals surface area contributed by atoms with Crippen molar-refractivity contribution in [3.63, 3.8) is 0 Å². The summed E-state index contributed by atoms with van der Waals surface area (Å²) in [5.74, 6) is 1.66. The summed E-state index contributed by atoms with van der Waals surface area (Å²) in [7, 11) is 0. The molecule has 0 spiro atoms. The third-order valence-corrected chi connectivity index (χ3v) is 12.9. The van der Waals surface area contributed by atoms with E-state index in [0.29, 0.717) is 17.5 Å². The Morgan fingerprint density at radius 2 is 0.897 bits per heavy atom. The van der Waals surface area contributed by atoms with Crippen molar-refractivity contribution in [2.24, 2.45) is 0 Å². The van der Waals surface area contributed by atoms with E-state index in [1.54, 1.807) is 0 Å². The lowest BCUT2D eigenvalue weighted by Crippen LogP contribution is -2.02. The van der Waals surface area contributed by atoms with Crippen LogP contribution in [0.15, 0.2) is 241 Å². The lowest BCUT2D eigenvalue weighted by molar-refractivity contribution is 0.669. The summed E-state index contributed by atoms with van der Waals surface area (Å²) < 4.78 is 9.21. The molecule has 0 atom stereocenters. The van der Waals surface area contributed by atoms with Gasteiger partial charge in [0.2, 0.25) is 0 Å². The van der Waals surface area contributed by atoms with Gasteiger partial charge in [0.05, 0.1) is 22.1 Å². The molecule has 6 nitrogen and oxygen atoms in total. The Morgan fingerprint density at radius 1 is 0.353 bits per heavy atom. The number of para-hydroxylation sites is 2. The Hall–Kier alpha value is -9.26. The smallest absolute Gasteiger partial charge is 0.166 e. The predicted octanol–water partition coefficient (Wildman–Crippen LogP) is 15.9. The van der Waals surface area contributed by atoms with Crippen molar-refractivity contribution in [1.82, 2.24) is 24.5 Å². The molecule has 0 aliphatic carbocycles. The van der Waals surface area contributed by atoms with Crippen LogP contribution in [0, 0.1) is 0 Å². The fraction of sp³-hybridized carbons (Fsp3) is 0. The van der Waals surface area contributed by atoms with Gasteiger partial charge in [0, 0.05) is 55.9 Å². The molecule has 0 saturated heterocycles. The number of furan rings is 1. The van der Waals surface area contributed by atoms with Crippen LogP contribution in [-0.4, -0.2) is 24.5 Å². The Bertz CT molecular complexity index is 3880. The van der Waals surface area contributed by atoms with Gasteiger partial charge in [-0.25, -0.2) is 15.0 Å². The van der Waals surface area contributed by atoms with Crippen molar-refractivity contribution >= 4 is 43.7 Å². The Labute approximate surface area is 392 Å². The van der Waals surface area contributed by atoms with Gasteiger partial charge in [0.25, 0.3) is 0 Å². The Balaban J connectivity index is 1.08. The van der Waals surface area contributed by atoms with E-state index < -0.39 is 0 Å². The first kappa shape index (κ1) is 39.1. The highest BCUT2D eigenvalue weighted by molar-refractivity contribution is 6.24. The number of pyridine rings is 1.